The Hall–Kier alpha value is -0.600. The van der Waals surface area contributed by atoms with Gasteiger partial charge in [-0.05, 0) is 68.0 Å². The third-order valence-corrected chi connectivity index (χ3v) is 5.27. The molecule has 1 N–H and O–H groups in total. The summed E-state index contributed by atoms with van der Waals surface area (Å²) >= 11 is 5.90. The minimum Gasteiger partial charge on any atom is -0.313 e. The van der Waals surface area contributed by atoms with Gasteiger partial charge < -0.3 is 5.32 Å². The van der Waals surface area contributed by atoms with Gasteiger partial charge in [-0.25, -0.2) is 4.39 Å². The predicted molar refractivity (Wildman–Crippen MR) is 81.5 cm³/mol. The van der Waals surface area contributed by atoms with Crippen molar-refractivity contribution in [1.82, 2.24) is 5.32 Å². The normalized spacial score (nSPS) is 29.2. The third-order valence-electron chi connectivity index (χ3n) is 4.98. The van der Waals surface area contributed by atoms with Crippen LogP contribution in [0.2, 0.25) is 5.02 Å². The topological polar surface area (TPSA) is 12.0 Å². The van der Waals surface area contributed by atoms with Gasteiger partial charge in [0.15, 0.2) is 0 Å². The Morgan fingerprint density at radius 3 is 2.75 bits per heavy atom. The Morgan fingerprint density at radius 2 is 2.05 bits per heavy atom. The molecule has 0 aromatic heterocycles. The number of benzene rings is 1. The highest BCUT2D eigenvalue weighted by Gasteiger charge is 2.47. The van der Waals surface area contributed by atoms with Crippen molar-refractivity contribution in [3.8, 4) is 0 Å². The number of hydrogen-bond donors (Lipinski definition) is 1. The second kappa shape index (κ2) is 6.03. The SMILES string of the molecule is CCCNC(Cc1cccc(Cl)c1F)C1CC2CC2C1. The van der Waals surface area contributed by atoms with Gasteiger partial charge >= 0.3 is 0 Å². The van der Waals surface area contributed by atoms with Gasteiger partial charge in [0.25, 0.3) is 0 Å². The standard InChI is InChI=1S/C17H23ClFN/c1-2-6-20-16(14-8-12-7-13(12)9-14)10-11-4-3-5-15(18)17(11)19/h3-5,12-14,16,20H,2,6-10H2,1H3. The van der Waals surface area contributed by atoms with Crippen molar-refractivity contribution in [2.45, 2.75) is 45.1 Å². The lowest BCUT2D eigenvalue weighted by Crippen LogP contribution is -2.38. The van der Waals surface area contributed by atoms with Gasteiger partial charge in [-0.2, -0.15) is 0 Å². The number of halogens is 2. The zero-order chi connectivity index (χ0) is 14.1. The summed E-state index contributed by atoms with van der Waals surface area (Å²) in [6, 6.07) is 5.75. The Morgan fingerprint density at radius 1 is 1.30 bits per heavy atom. The molecule has 0 radical (unpaired) electrons. The number of nitrogens with one attached hydrogen (secondary N) is 1. The van der Waals surface area contributed by atoms with Gasteiger partial charge in [-0.3, -0.25) is 0 Å². The molecule has 0 spiro atoms. The molecule has 3 heteroatoms. The van der Waals surface area contributed by atoms with Crippen LogP contribution in [-0.2, 0) is 6.42 Å². The molecule has 2 saturated carbocycles. The van der Waals surface area contributed by atoms with Crippen LogP contribution in [-0.4, -0.2) is 12.6 Å². The summed E-state index contributed by atoms with van der Waals surface area (Å²) in [7, 11) is 0. The predicted octanol–water partition coefficient (Wildman–Crippen LogP) is 4.44. The van der Waals surface area contributed by atoms with Gasteiger partial charge in [0.05, 0.1) is 5.02 Å². The molecule has 2 aliphatic carbocycles. The number of fused-ring (bicyclic) bond motifs is 1. The highest BCUT2D eigenvalue weighted by Crippen LogP contribution is 2.55. The first-order valence-electron chi connectivity index (χ1n) is 7.85. The van der Waals surface area contributed by atoms with Crippen LogP contribution in [0.4, 0.5) is 4.39 Å². The first-order chi connectivity index (χ1) is 9.69. The molecule has 0 heterocycles. The molecule has 20 heavy (non-hydrogen) atoms. The molecule has 0 bridgehead atoms. The van der Waals surface area contributed by atoms with E-state index in [1.807, 2.05) is 12.1 Å². The molecule has 1 aromatic rings. The van der Waals surface area contributed by atoms with Crippen LogP contribution in [0.15, 0.2) is 18.2 Å². The van der Waals surface area contributed by atoms with Crippen molar-refractivity contribution >= 4 is 11.6 Å². The molecule has 3 unspecified atom stereocenters. The Kier molecular flexibility index (Phi) is 4.32. The van der Waals surface area contributed by atoms with Crippen LogP contribution < -0.4 is 5.32 Å². The van der Waals surface area contributed by atoms with E-state index in [1.165, 1.54) is 19.3 Å². The van der Waals surface area contributed by atoms with Crippen molar-refractivity contribution in [2.24, 2.45) is 17.8 Å². The molecule has 1 aromatic carbocycles. The molecular formula is C17H23ClFN. The van der Waals surface area contributed by atoms with Gasteiger partial charge in [0.1, 0.15) is 5.82 Å². The van der Waals surface area contributed by atoms with Gasteiger partial charge in [-0.15, -0.1) is 0 Å². The summed E-state index contributed by atoms with van der Waals surface area (Å²) in [5.41, 5.74) is 0.756. The van der Waals surface area contributed by atoms with E-state index in [0.717, 1.165) is 36.8 Å². The van der Waals surface area contributed by atoms with E-state index >= 15 is 0 Å². The van der Waals surface area contributed by atoms with Crippen molar-refractivity contribution in [1.29, 1.82) is 0 Å². The van der Waals surface area contributed by atoms with Gasteiger partial charge in [0, 0.05) is 6.04 Å². The lowest BCUT2D eigenvalue weighted by atomic mass is 9.89. The van der Waals surface area contributed by atoms with Crippen molar-refractivity contribution in [3.05, 3.63) is 34.6 Å². The maximum Gasteiger partial charge on any atom is 0.145 e. The first kappa shape index (κ1) is 14.3. The summed E-state index contributed by atoms with van der Waals surface area (Å²) in [4.78, 5) is 0. The summed E-state index contributed by atoms with van der Waals surface area (Å²) in [6.45, 7) is 3.19. The van der Waals surface area contributed by atoms with E-state index in [2.05, 4.69) is 12.2 Å². The number of rotatable bonds is 6. The smallest absolute Gasteiger partial charge is 0.145 e. The van der Waals surface area contributed by atoms with E-state index < -0.39 is 0 Å². The molecule has 3 atom stereocenters. The van der Waals surface area contributed by atoms with Crippen molar-refractivity contribution in [3.63, 3.8) is 0 Å². The molecule has 0 aliphatic heterocycles. The van der Waals surface area contributed by atoms with Crippen LogP contribution in [0, 0.1) is 23.6 Å². The highest BCUT2D eigenvalue weighted by atomic mass is 35.5. The van der Waals surface area contributed by atoms with Crippen LogP contribution in [0.1, 0.15) is 38.2 Å². The minimum absolute atomic E-state index is 0.236. The lowest BCUT2D eigenvalue weighted by Gasteiger charge is -2.26. The monoisotopic (exact) mass is 295 g/mol. The molecule has 1 nitrogen and oxygen atoms in total. The van der Waals surface area contributed by atoms with Crippen LogP contribution in [0.25, 0.3) is 0 Å². The second-order valence-corrected chi connectivity index (χ2v) is 6.87. The largest absolute Gasteiger partial charge is 0.313 e. The average molecular weight is 296 g/mol. The fourth-order valence-corrected chi connectivity index (χ4v) is 3.96. The molecular weight excluding hydrogens is 273 g/mol. The Bertz CT molecular complexity index is 466. The molecule has 2 aliphatic rings. The molecule has 0 amide bonds. The zero-order valence-electron chi connectivity index (χ0n) is 12.0. The van der Waals surface area contributed by atoms with Crippen molar-refractivity contribution < 1.29 is 4.39 Å². The average Bonchev–Trinajstić information content (AvgIpc) is 3.06. The summed E-state index contributed by atoms with van der Waals surface area (Å²) in [5, 5.41) is 3.88. The van der Waals surface area contributed by atoms with Crippen LogP contribution >= 0.6 is 11.6 Å². The maximum absolute atomic E-state index is 14.1. The molecule has 2 fully saturated rings. The fourth-order valence-electron chi connectivity index (χ4n) is 3.77. The Balaban J connectivity index is 1.70. The van der Waals surface area contributed by atoms with E-state index in [4.69, 9.17) is 11.6 Å². The molecule has 0 saturated heterocycles. The van der Waals surface area contributed by atoms with E-state index in [-0.39, 0.29) is 10.8 Å². The highest BCUT2D eigenvalue weighted by molar-refractivity contribution is 6.30. The van der Waals surface area contributed by atoms with Crippen LogP contribution in [0.3, 0.4) is 0 Å². The number of hydrogen-bond acceptors (Lipinski definition) is 1. The van der Waals surface area contributed by atoms with E-state index in [9.17, 15) is 4.39 Å². The molecule has 3 rings (SSSR count). The summed E-state index contributed by atoms with van der Waals surface area (Å²) < 4.78 is 14.1. The van der Waals surface area contributed by atoms with E-state index in [1.54, 1.807) is 6.07 Å². The third kappa shape index (κ3) is 3.01. The Labute approximate surface area is 125 Å². The summed E-state index contributed by atoms with van der Waals surface area (Å²) in [5.74, 6) is 2.41. The van der Waals surface area contributed by atoms with Crippen LogP contribution in [0.5, 0.6) is 0 Å². The van der Waals surface area contributed by atoms with Gasteiger partial charge in [-0.1, -0.05) is 30.7 Å². The fraction of sp³-hybridized carbons (Fsp3) is 0.647. The summed E-state index contributed by atoms with van der Waals surface area (Å²) in [6.07, 6.45) is 5.97. The lowest BCUT2D eigenvalue weighted by molar-refractivity contribution is 0.330. The van der Waals surface area contributed by atoms with E-state index in [0.29, 0.717) is 12.0 Å². The first-order valence-corrected chi connectivity index (χ1v) is 8.23. The van der Waals surface area contributed by atoms with Crippen molar-refractivity contribution in [2.75, 3.05) is 6.54 Å². The molecule has 110 valence electrons. The zero-order valence-corrected chi connectivity index (χ0v) is 12.8. The minimum atomic E-state index is -0.236. The quantitative estimate of drug-likeness (QED) is 0.818. The van der Waals surface area contributed by atoms with Gasteiger partial charge in [0.2, 0.25) is 0 Å². The second-order valence-electron chi connectivity index (χ2n) is 6.47. The maximum atomic E-state index is 14.1.